The molecule has 0 saturated heterocycles. The zero-order valence-corrected chi connectivity index (χ0v) is 6.58. The lowest BCUT2D eigenvalue weighted by atomic mass is 10.1. The van der Waals surface area contributed by atoms with Gasteiger partial charge in [-0.15, -0.1) is 4.91 Å². The van der Waals surface area contributed by atoms with Crippen LogP contribution in [0.15, 0.2) is 29.4 Å². The van der Waals surface area contributed by atoms with Gasteiger partial charge >= 0.3 is 0 Å². The van der Waals surface area contributed by atoms with Crippen LogP contribution in [-0.2, 0) is 0 Å². The van der Waals surface area contributed by atoms with Gasteiger partial charge in [0.15, 0.2) is 6.17 Å². The van der Waals surface area contributed by atoms with Gasteiger partial charge in [-0.3, -0.25) is 10.1 Å². The summed E-state index contributed by atoms with van der Waals surface area (Å²) < 4.78 is 0. The number of nitro groups is 1. The molecule has 0 aromatic heterocycles. The third-order valence-corrected chi connectivity index (χ3v) is 1.54. The van der Waals surface area contributed by atoms with E-state index in [0.29, 0.717) is 5.56 Å². The zero-order valence-electron chi connectivity index (χ0n) is 6.58. The molecule has 0 aliphatic carbocycles. The van der Waals surface area contributed by atoms with E-state index < -0.39 is 11.1 Å². The first-order valence-electron chi connectivity index (χ1n) is 3.47. The van der Waals surface area contributed by atoms with E-state index in [0.717, 1.165) is 0 Å². The highest BCUT2D eigenvalue weighted by Gasteiger charge is 2.10. The smallest absolute Gasteiger partial charge is 0.269 e. The molecule has 0 aliphatic rings. The second kappa shape index (κ2) is 3.72. The minimum atomic E-state index is -1.04. The van der Waals surface area contributed by atoms with Gasteiger partial charge in [0.25, 0.3) is 5.69 Å². The fourth-order valence-corrected chi connectivity index (χ4v) is 0.883. The van der Waals surface area contributed by atoms with Crippen LogP contribution in [-0.4, -0.2) is 4.92 Å². The summed E-state index contributed by atoms with van der Waals surface area (Å²) >= 11 is 0. The zero-order chi connectivity index (χ0) is 9.84. The van der Waals surface area contributed by atoms with E-state index in [4.69, 9.17) is 5.73 Å². The number of benzene rings is 1. The summed E-state index contributed by atoms with van der Waals surface area (Å²) in [5.41, 5.74) is 5.50. The van der Waals surface area contributed by atoms with Crippen molar-refractivity contribution in [3.8, 4) is 0 Å². The van der Waals surface area contributed by atoms with Crippen molar-refractivity contribution >= 4 is 5.69 Å². The van der Waals surface area contributed by atoms with Gasteiger partial charge in [-0.05, 0) is 5.18 Å². The number of nitroso groups, excluding NO2 is 1. The standard InChI is InChI=1S/C7H7N3O3/c8-7(9-11)5-2-1-3-6(4-5)10(12)13/h1-4,7H,8H2. The molecule has 1 unspecified atom stereocenters. The minimum Gasteiger partial charge on any atom is -0.303 e. The van der Waals surface area contributed by atoms with Crippen LogP contribution in [0.4, 0.5) is 5.69 Å². The second-order valence-electron chi connectivity index (χ2n) is 2.40. The molecule has 0 saturated carbocycles. The van der Waals surface area contributed by atoms with Crippen molar-refractivity contribution in [1.82, 2.24) is 0 Å². The molecule has 2 N–H and O–H groups in total. The highest BCUT2D eigenvalue weighted by Crippen LogP contribution is 2.17. The first-order chi connectivity index (χ1) is 6.15. The van der Waals surface area contributed by atoms with E-state index >= 15 is 0 Å². The Kier molecular flexibility index (Phi) is 2.65. The number of hydrogen-bond donors (Lipinski definition) is 1. The Morgan fingerprint density at radius 2 is 2.23 bits per heavy atom. The second-order valence-corrected chi connectivity index (χ2v) is 2.40. The molecule has 1 aromatic carbocycles. The van der Waals surface area contributed by atoms with Gasteiger partial charge in [-0.2, -0.15) is 0 Å². The van der Waals surface area contributed by atoms with Crippen LogP contribution in [0.2, 0.25) is 0 Å². The van der Waals surface area contributed by atoms with Gasteiger partial charge in [-0.1, -0.05) is 12.1 Å². The highest BCUT2D eigenvalue weighted by molar-refractivity contribution is 5.35. The van der Waals surface area contributed by atoms with Gasteiger partial charge < -0.3 is 5.73 Å². The predicted molar refractivity (Wildman–Crippen MR) is 45.8 cm³/mol. The third-order valence-electron chi connectivity index (χ3n) is 1.54. The molecule has 13 heavy (non-hydrogen) atoms. The Labute approximate surface area is 73.5 Å². The molecule has 6 nitrogen and oxygen atoms in total. The normalized spacial score (nSPS) is 12.1. The van der Waals surface area contributed by atoms with Crippen LogP contribution in [0.1, 0.15) is 11.7 Å². The summed E-state index contributed by atoms with van der Waals surface area (Å²) in [6, 6.07) is 5.52. The summed E-state index contributed by atoms with van der Waals surface area (Å²) in [5.74, 6) is 0. The quantitative estimate of drug-likeness (QED) is 0.431. The van der Waals surface area contributed by atoms with Gasteiger partial charge in [0.1, 0.15) is 0 Å². The SMILES string of the molecule is NC(N=O)c1cccc([N+](=O)[O-])c1. The summed E-state index contributed by atoms with van der Waals surface area (Å²) in [7, 11) is 0. The Hall–Kier alpha value is -1.82. The van der Waals surface area contributed by atoms with Crippen LogP contribution < -0.4 is 5.73 Å². The monoisotopic (exact) mass is 181 g/mol. The van der Waals surface area contributed by atoms with Crippen molar-refractivity contribution in [1.29, 1.82) is 0 Å². The van der Waals surface area contributed by atoms with Crippen molar-refractivity contribution < 1.29 is 4.92 Å². The van der Waals surface area contributed by atoms with Gasteiger partial charge in [0.05, 0.1) is 4.92 Å². The Bertz CT molecular complexity index is 340. The lowest BCUT2D eigenvalue weighted by molar-refractivity contribution is -0.384. The number of nitro benzene ring substituents is 1. The molecular weight excluding hydrogens is 174 g/mol. The fourth-order valence-electron chi connectivity index (χ4n) is 0.883. The average Bonchev–Trinajstić information content (AvgIpc) is 2.17. The number of rotatable bonds is 3. The van der Waals surface area contributed by atoms with Gasteiger partial charge in [-0.25, -0.2) is 0 Å². The van der Waals surface area contributed by atoms with Crippen LogP contribution in [0.25, 0.3) is 0 Å². The van der Waals surface area contributed by atoms with Crippen LogP contribution in [0.3, 0.4) is 0 Å². The number of non-ortho nitro benzene ring substituents is 1. The largest absolute Gasteiger partial charge is 0.303 e. The fraction of sp³-hybridized carbons (Fsp3) is 0.143. The Morgan fingerprint density at radius 3 is 2.77 bits per heavy atom. The predicted octanol–water partition coefficient (Wildman–Crippen LogP) is 1.32. The maximum atomic E-state index is 10.3. The molecule has 6 heteroatoms. The topological polar surface area (TPSA) is 98.6 Å². The van der Waals surface area contributed by atoms with Crippen molar-refractivity contribution in [3.05, 3.63) is 44.9 Å². The van der Waals surface area contributed by atoms with Crippen molar-refractivity contribution in [3.63, 3.8) is 0 Å². The molecule has 0 bridgehead atoms. The molecule has 1 rings (SSSR count). The maximum Gasteiger partial charge on any atom is 0.269 e. The number of hydrogen-bond acceptors (Lipinski definition) is 5. The molecule has 0 amide bonds. The van der Waals surface area contributed by atoms with Crippen molar-refractivity contribution in [2.24, 2.45) is 10.9 Å². The van der Waals surface area contributed by atoms with E-state index in [1.807, 2.05) is 0 Å². The summed E-state index contributed by atoms with van der Waals surface area (Å²) in [5, 5.41) is 12.9. The highest BCUT2D eigenvalue weighted by atomic mass is 16.6. The van der Waals surface area contributed by atoms with Crippen LogP contribution in [0, 0.1) is 15.0 Å². The molecule has 0 fully saturated rings. The van der Waals surface area contributed by atoms with Gasteiger partial charge in [0, 0.05) is 17.7 Å². The van der Waals surface area contributed by atoms with E-state index in [1.165, 1.54) is 24.3 Å². The van der Waals surface area contributed by atoms with E-state index in [2.05, 4.69) is 5.18 Å². The molecule has 0 radical (unpaired) electrons. The van der Waals surface area contributed by atoms with E-state index in [9.17, 15) is 15.0 Å². The lowest BCUT2D eigenvalue weighted by Gasteiger charge is -2.01. The van der Waals surface area contributed by atoms with Crippen molar-refractivity contribution in [2.75, 3.05) is 0 Å². The minimum absolute atomic E-state index is 0.100. The van der Waals surface area contributed by atoms with E-state index in [-0.39, 0.29) is 5.69 Å². The Morgan fingerprint density at radius 1 is 1.54 bits per heavy atom. The Balaban J connectivity index is 3.04. The number of nitrogens with zero attached hydrogens (tertiary/aromatic N) is 2. The molecule has 0 spiro atoms. The molecular formula is C7H7N3O3. The summed E-state index contributed by atoms with van der Waals surface area (Å²) in [6.45, 7) is 0. The van der Waals surface area contributed by atoms with Crippen LogP contribution in [0.5, 0.6) is 0 Å². The lowest BCUT2D eigenvalue weighted by Crippen LogP contribution is -2.06. The molecule has 68 valence electrons. The maximum absolute atomic E-state index is 10.3. The molecule has 1 atom stereocenters. The summed E-state index contributed by atoms with van der Waals surface area (Å²) in [6.07, 6.45) is -1.04. The third kappa shape index (κ3) is 2.06. The first kappa shape index (κ1) is 9.27. The molecule has 0 heterocycles. The average molecular weight is 181 g/mol. The van der Waals surface area contributed by atoms with E-state index in [1.54, 1.807) is 0 Å². The number of nitrogens with two attached hydrogens (primary N) is 1. The molecule has 1 aromatic rings. The first-order valence-corrected chi connectivity index (χ1v) is 3.47. The van der Waals surface area contributed by atoms with Gasteiger partial charge in [0.2, 0.25) is 0 Å². The van der Waals surface area contributed by atoms with Crippen molar-refractivity contribution in [2.45, 2.75) is 6.17 Å². The summed E-state index contributed by atoms with van der Waals surface area (Å²) in [4.78, 5) is 19.8. The molecule has 0 aliphatic heterocycles. The van der Waals surface area contributed by atoms with Crippen LogP contribution >= 0.6 is 0 Å².